The van der Waals surface area contributed by atoms with Crippen molar-refractivity contribution in [3.8, 4) is 0 Å². The van der Waals surface area contributed by atoms with Gasteiger partial charge in [-0.3, -0.25) is 0 Å². The maximum atomic E-state index is 5.81. The van der Waals surface area contributed by atoms with Gasteiger partial charge in [-0.2, -0.15) is 0 Å². The lowest BCUT2D eigenvalue weighted by atomic mass is 9.89. The number of hydrogen-bond donors (Lipinski definition) is 1. The Morgan fingerprint density at radius 2 is 2.20 bits per heavy atom. The lowest BCUT2D eigenvalue weighted by molar-refractivity contribution is 0.450. The molecule has 0 spiro atoms. The van der Waals surface area contributed by atoms with Gasteiger partial charge >= 0.3 is 0 Å². The van der Waals surface area contributed by atoms with Crippen LogP contribution in [0.2, 0.25) is 0 Å². The SMILES string of the molecule is CCCCC(CC)CC1=CC[CH]C(N)=C1. The van der Waals surface area contributed by atoms with E-state index in [9.17, 15) is 0 Å². The molecule has 85 valence electrons. The van der Waals surface area contributed by atoms with Gasteiger partial charge < -0.3 is 5.73 Å². The van der Waals surface area contributed by atoms with Crippen molar-refractivity contribution in [1.29, 1.82) is 0 Å². The van der Waals surface area contributed by atoms with Crippen LogP contribution in [0, 0.1) is 12.3 Å². The quantitative estimate of drug-likeness (QED) is 0.699. The summed E-state index contributed by atoms with van der Waals surface area (Å²) >= 11 is 0. The van der Waals surface area contributed by atoms with Crippen LogP contribution in [-0.2, 0) is 0 Å². The largest absolute Gasteiger partial charge is 0.402 e. The molecule has 0 amide bonds. The Morgan fingerprint density at radius 3 is 2.80 bits per heavy atom. The van der Waals surface area contributed by atoms with Crippen LogP contribution in [0.4, 0.5) is 0 Å². The van der Waals surface area contributed by atoms with Crippen molar-refractivity contribution in [2.75, 3.05) is 0 Å². The summed E-state index contributed by atoms with van der Waals surface area (Å²) in [5.41, 5.74) is 8.19. The summed E-state index contributed by atoms with van der Waals surface area (Å²) < 4.78 is 0. The normalized spacial score (nSPS) is 18.3. The van der Waals surface area contributed by atoms with Crippen LogP contribution in [0.5, 0.6) is 0 Å². The first-order chi connectivity index (χ1) is 7.26. The summed E-state index contributed by atoms with van der Waals surface area (Å²) in [6, 6.07) is 0. The summed E-state index contributed by atoms with van der Waals surface area (Å²) in [7, 11) is 0. The third-order valence-electron chi connectivity index (χ3n) is 3.15. The minimum absolute atomic E-state index is 0.846. The second-order valence-corrected chi connectivity index (χ2v) is 4.48. The highest BCUT2D eigenvalue weighted by Gasteiger charge is 2.10. The van der Waals surface area contributed by atoms with Gasteiger partial charge in [0.2, 0.25) is 0 Å². The fourth-order valence-electron chi connectivity index (χ4n) is 2.10. The summed E-state index contributed by atoms with van der Waals surface area (Å²) in [6.07, 6.45) is 14.1. The molecule has 0 aromatic rings. The smallest absolute Gasteiger partial charge is 0.0125 e. The molecule has 0 aromatic carbocycles. The molecule has 1 aliphatic rings. The molecule has 0 aromatic heterocycles. The molecule has 1 unspecified atom stereocenters. The van der Waals surface area contributed by atoms with Gasteiger partial charge in [-0.15, -0.1) is 0 Å². The molecular weight excluding hydrogens is 182 g/mol. The summed E-state index contributed by atoms with van der Waals surface area (Å²) in [5.74, 6) is 0.846. The van der Waals surface area contributed by atoms with Crippen LogP contribution in [0.1, 0.15) is 52.4 Å². The molecule has 1 atom stereocenters. The van der Waals surface area contributed by atoms with Crippen LogP contribution in [0.15, 0.2) is 23.4 Å². The fourth-order valence-corrected chi connectivity index (χ4v) is 2.10. The standard InChI is InChI=1S/C14H24N/c1-3-5-7-12(4-2)10-13-8-6-9-14(15)11-13/h8-9,11-12H,3-7,10,15H2,1-2H3. The minimum Gasteiger partial charge on any atom is -0.402 e. The van der Waals surface area contributed by atoms with Crippen molar-refractivity contribution < 1.29 is 0 Å². The molecule has 1 heteroatoms. The van der Waals surface area contributed by atoms with Crippen molar-refractivity contribution >= 4 is 0 Å². The van der Waals surface area contributed by atoms with Gasteiger partial charge in [0, 0.05) is 12.1 Å². The van der Waals surface area contributed by atoms with Crippen molar-refractivity contribution in [3.05, 3.63) is 29.8 Å². The lowest BCUT2D eigenvalue weighted by Gasteiger charge is -2.17. The van der Waals surface area contributed by atoms with E-state index in [1.165, 1.54) is 37.7 Å². The number of allylic oxidation sites excluding steroid dienone is 4. The molecule has 0 saturated carbocycles. The summed E-state index contributed by atoms with van der Waals surface area (Å²) in [5, 5.41) is 0. The van der Waals surface area contributed by atoms with Gasteiger partial charge in [-0.05, 0) is 30.4 Å². The van der Waals surface area contributed by atoms with E-state index in [2.05, 4.69) is 32.4 Å². The predicted molar refractivity (Wildman–Crippen MR) is 67.2 cm³/mol. The van der Waals surface area contributed by atoms with Gasteiger partial charge in [0.1, 0.15) is 0 Å². The fraction of sp³-hybridized carbons (Fsp3) is 0.643. The van der Waals surface area contributed by atoms with Gasteiger partial charge in [0.25, 0.3) is 0 Å². The first-order valence-corrected chi connectivity index (χ1v) is 6.25. The van der Waals surface area contributed by atoms with E-state index in [0.29, 0.717) is 0 Å². The highest BCUT2D eigenvalue weighted by molar-refractivity contribution is 5.31. The predicted octanol–water partition coefficient (Wildman–Crippen LogP) is 3.97. The molecule has 0 heterocycles. The maximum absolute atomic E-state index is 5.81. The van der Waals surface area contributed by atoms with Crippen molar-refractivity contribution in [2.45, 2.75) is 52.4 Å². The maximum Gasteiger partial charge on any atom is 0.0125 e. The van der Waals surface area contributed by atoms with E-state index in [1.807, 2.05) is 0 Å². The number of nitrogens with two attached hydrogens (primary N) is 1. The molecule has 0 fully saturated rings. The van der Waals surface area contributed by atoms with Crippen LogP contribution in [0.3, 0.4) is 0 Å². The molecule has 0 bridgehead atoms. The van der Waals surface area contributed by atoms with Crippen LogP contribution in [-0.4, -0.2) is 0 Å². The van der Waals surface area contributed by atoms with E-state index in [0.717, 1.165) is 18.0 Å². The first-order valence-electron chi connectivity index (χ1n) is 6.25. The highest BCUT2D eigenvalue weighted by Crippen LogP contribution is 2.25. The minimum atomic E-state index is 0.846. The Hall–Kier alpha value is -0.720. The Kier molecular flexibility index (Phi) is 5.52. The second kappa shape index (κ2) is 6.71. The Labute approximate surface area is 94.4 Å². The molecule has 1 radical (unpaired) electrons. The highest BCUT2D eigenvalue weighted by atomic mass is 14.6. The molecule has 1 nitrogen and oxygen atoms in total. The van der Waals surface area contributed by atoms with Crippen LogP contribution < -0.4 is 5.73 Å². The summed E-state index contributed by atoms with van der Waals surface area (Å²) in [6.45, 7) is 4.56. The van der Waals surface area contributed by atoms with Gasteiger partial charge in [-0.25, -0.2) is 0 Å². The average molecular weight is 206 g/mol. The summed E-state index contributed by atoms with van der Waals surface area (Å²) in [4.78, 5) is 0. The molecule has 15 heavy (non-hydrogen) atoms. The topological polar surface area (TPSA) is 26.0 Å². The zero-order chi connectivity index (χ0) is 11.1. The monoisotopic (exact) mass is 206 g/mol. The van der Waals surface area contributed by atoms with Gasteiger partial charge in [0.15, 0.2) is 0 Å². The first kappa shape index (κ1) is 12.4. The van der Waals surface area contributed by atoms with E-state index >= 15 is 0 Å². The lowest BCUT2D eigenvalue weighted by Crippen LogP contribution is -2.06. The molecule has 1 rings (SSSR count). The van der Waals surface area contributed by atoms with E-state index in [4.69, 9.17) is 5.73 Å². The number of hydrogen-bond acceptors (Lipinski definition) is 1. The zero-order valence-corrected chi connectivity index (χ0v) is 10.1. The van der Waals surface area contributed by atoms with E-state index in [-0.39, 0.29) is 0 Å². The van der Waals surface area contributed by atoms with Crippen molar-refractivity contribution in [1.82, 2.24) is 0 Å². The Morgan fingerprint density at radius 1 is 1.40 bits per heavy atom. The third-order valence-corrected chi connectivity index (χ3v) is 3.15. The zero-order valence-electron chi connectivity index (χ0n) is 10.1. The van der Waals surface area contributed by atoms with E-state index < -0.39 is 0 Å². The number of rotatable bonds is 6. The Bertz CT molecular complexity index is 238. The average Bonchev–Trinajstić information content (AvgIpc) is 2.24. The van der Waals surface area contributed by atoms with Crippen LogP contribution in [0.25, 0.3) is 0 Å². The Balaban J connectivity index is 2.41. The van der Waals surface area contributed by atoms with Crippen molar-refractivity contribution in [3.63, 3.8) is 0 Å². The van der Waals surface area contributed by atoms with E-state index in [1.54, 1.807) is 0 Å². The molecule has 0 saturated heterocycles. The van der Waals surface area contributed by atoms with Gasteiger partial charge in [0.05, 0.1) is 0 Å². The third kappa shape index (κ3) is 4.55. The molecular formula is C14H24N. The van der Waals surface area contributed by atoms with Crippen molar-refractivity contribution in [2.24, 2.45) is 11.7 Å². The molecule has 1 aliphatic carbocycles. The number of unbranched alkanes of at least 4 members (excludes halogenated alkanes) is 1. The molecule has 0 aliphatic heterocycles. The second-order valence-electron chi connectivity index (χ2n) is 4.48. The van der Waals surface area contributed by atoms with Crippen LogP contribution >= 0.6 is 0 Å². The van der Waals surface area contributed by atoms with Gasteiger partial charge in [-0.1, -0.05) is 45.6 Å². The molecule has 2 N–H and O–H groups in total.